The van der Waals surface area contributed by atoms with Crippen molar-refractivity contribution in [2.45, 2.75) is 24.9 Å². The third-order valence-corrected chi connectivity index (χ3v) is 8.01. The number of ether oxygens (including phenoxy) is 3. The summed E-state index contributed by atoms with van der Waals surface area (Å²) in [7, 11) is 1.26. The van der Waals surface area contributed by atoms with E-state index in [0.717, 1.165) is 0 Å². The van der Waals surface area contributed by atoms with E-state index in [1.54, 1.807) is 30.3 Å². The van der Waals surface area contributed by atoms with Gasteiger partial charge in [-0.2, -0.15) is 0 Å². The molecule has 2 atom stereocenters. The largest absolute Gasteiger partial charge is 0.468 e. The van der Waals surface area contributed by atoms with E-state index in [1.165, 1.54) is 33.6 Å². The molecule has 0 saturated carbocycles. The van der Waals surface area contributed by atoms with Gasteiger partial charge in [-0.05, 0) is 25.0 Å². The molecular weight excluding hydrogens is 655 g/mol. The number of carbonyl (C=O) groups is 5. The number of carbonyl (C=O) groups excluding carboxylic acids is 5. The first-order valence-electron chi connectivity index (χ1n) is 13.0. The number of Topliss-reactive ketones (excluding diaryl/α,β-unsaturated/α-hetero) is 1. The summed E-state index contributed by atoms with van der Waals surface area (Å²) in [6.07, 6.45) is 1.07. The van der Waals surface area contributed by atoms with Crippen LogP contribution in [-0.2, 0) is 28.6 Å². The highest BCUT2D eigenvalue weighted by molar-refractivity contribution is 14.1. The molecule has 0 radical (unpaired) electrons. The molecule has 0 aromatic heterocycles. The third kappa shape index (κ3) is 9.04. The summed E-state index contributed by atoms with van der Waals surface area (Å²) in [6.45, 7) is 1.46. The third-order valence-electron chi connectivity index (χ3n) is 6.55. The second-order valence-electron chi connectivity index (χ2n) is 9.13. The summed E-state index contributed by atoms with van der Waals surface area (Å²) >= 11 is 3.54. The van der Waals surface area contributed by atoms with Gasteiger partial charge in [0.15, 0.2) is 12.4 Å². The number of alkyl halides is 1. The quantitative estimate of drug-likeness (QED) is 0.132. The highest BCUT2D eigenvalue weighted by Crippen LogP contribution is 2.28. The van der Waals surface area contributed by atoms with Gasteiger partial charge in [-0.3, -0.25) is 14.4 Å². The summed E-state index contributed by atoms with van der Waals surface area (Å²) in [6, 6.07) is 6.43. The zero-order chi connectivity index (χ0) is 28.9. The van der Waals surface area contributed by atoms with Crippen molar-refractivity contribution >= 4 is 64.0 Å². The fraction of sp³-hybridized carbons (Fsp3) is 0.577. The van der Waals surface area contributed by atoms with Crippen LogP contribution in [0.15, 0.2) is 30.3 Å². The zero-order valence-corrected chi connectivity index (χ0v) is 25.4. The summed E-state index contributed by atoms with van der Waals surface area (Å²) in [5.41, 5.74) is 0.338. The first-order chi connectivity index (χ1) is 19.4. The fourth-order valence-electron chi connectivity index (χ4n) is 4.44. The SMILES string of the molecule is COC(=O)CN(CCNCCOCI)C(=O)N1CCCC1C(=O)N1CSCC1C(=O)COC(=O)c1ccccc1. The second kappa shape index (κ2) is 16.7. The summed E-state index contributed by atoms with van der Waals surface area (Å²) in [5.74, 6) is -1.18. The predicted octanol–water partition coefficient (Wildman–Crippen LogP) is 1.37. The number of thioether (sulfide) groups is 1. The molecule has 2 saturated heterocycles. The second-order valence-corrected chi connectivity index (χ2v) is 10.8. The van der Waals surface area contributed by atoms with Crippen LogP contribution in [0.4, 0.5) is 4.79 Å². The Morgan fingerprint density at radius 2 is 1.88 bits per heavy atom. The molecule has 0 aliphatic carbocycles. The molecular formula is C26H35IN4O8S. The molecule has 12 nitrogen and oxygen atoms in total. The van der Waals surface area contributed by atoms with Crippen LogP contribution >= 0.6 is 34.4 Å². The van der Waals surface area contributed by atoms with Crippen LogP contribution in [0.1, 0.15) is 23.2 Å². The molecule has 1 N–H and O–H groups in total. The van der Waals surface area contributed by atoms with Crippen LogP contribution in [0.2, 0.25) is 0 Å². The lowest BCUT2D eigenvalue weighted by Gasteiger charge is -2.33. The first-order valence-corrected chi connectivity index (χ1v) is 15.6. The minimum absolute atomic E-state index is 0.239. The van der Waals surface area contributed by atoms with Gasteiger partial charge in [0.25, 0.3) is 0 Å². The minimum Gasteiger partial charge on any atom is -0.468 e. The van der Waals surface area contributed by atoms with Crippen LogP contribution in [0.3, 0.4) is 0 Å². The lowest BCUT2D eigenvalue weighted by molar-refractivity contribution is -0.142. The molecule has 0 bridgehead atoms. The Morgan fingerprint density at radius 1 is 1.10 bits per heavy atom. The molecule has 1 aromatic rings. The van der Waals surface area contributed by atoms with E-state index in [0.29, 0.717) is 60.9 Å². The van der Waals surface area contributed by atoms with Gasteiger partial charge in [0.05, 0.1) is 29.8 Å². The lowest BCUT2D eigenvalue weighted by Crippen LogP contribution is -2.55. The van der Waals surface area contributed by atoms with Crippen molar-refractivity contribution < 1.29 is 38.2 Å². The van der Waals surface area contributed by atoms with Crippen molar-refractivity contribution in [3.8, 4) is 0 Å². The number of rotatable bonds is 14. The number of nitrogens with zero attached hydrogens (tertiary/aromatic N) is 3. The summed E-state index contributed by atoms with van der Waals surface area (Å²) in [5, 5.41) is 3.17. The van der Waals surface area contributed by atoms with E-state index in [1.807, 2.05) is 0 Å². The van der Waals surface area contributed by atoms with Gasteiger partial charge in [-0.1, -0.05) is 40.8 Å². The number of likely N-dealkylation sites (tertiary alicyclic amines) is 1. The van der Waals surface area contributed by atoms with Crippen LogP contribution in [-0.4, -0.2) is 126 Å². The lowest BCUT2D eigenvalue weighted by atomic mass is 10.1. The number of halogens is 1. The van der Waals surface area contributed by atoms with E-state index in [2.05, 4.69) is 27.9 Å². The van der Waals surface area contributed by atoms with E-state index in [4.69, 9.17) is 14.2 Å². The number of urea groups is 1. The average molecular weight is 691 g/mol. The van der Waals surface area contributed by atoms with E-state index in [9.17, 15) is 24.0 Å². The number of esters is 2. The number of benzene rings is 1. The number of hydrogen-bond donors (Lipinski definition) is 1. The van der Waals surface area contributed by atoms with Crippen molar-refractivity contribution in [1.82, 2.24) is 20.0 Å². The van der Waals surface area contributed by atoms with Gasteiger partial charge >= 0.3 is 18.0 Å². The van der Waals surface area contributed by atoms with E-state index in [-0.39, 0.29) is 24.8 Å². The van der Waals surface area contributed by atoms with Crippen molar-refractivity contribution in [3.05, 3.63) is 35.9 Å². The maximum Gasteiger partial charge on any atom is 0.338 e. The maximum atomic E-state index is 13.6. The van der Waals surface area contributed by atoms with Crippen molar-refractivity contribution in [3.63, 3.8) is 0 Å². The van der Waals surface area contributed by atoms with E-state index >= 15 is 0 Å². The Hall–Kier alpha value is -2.43. The van der Waals surface area contributed by atoms with E-state index < -0.39 is 36.7 Å². The molecule has 1 aromatic carbocycles. The van der Waals surface area contributed by atoms with Gasteiger partial charge < -0.3 is 34.2 Å². The van der Waals surface area contributed by atoms with Crippen LogP contribution in [0.25, 0.3) is 0 Å². The van der Waals surface area contributed by atoms with Gasteiger partial charge in [-0.15, -0.1) is 11.8 Å². The number of methoxy groups -OCH3 is 1. The van der Waals surface area contributed by atoms with Crippen LogP contribution in [0.5, 0.6) is 0 Å². The van der Waals surface area contributed by atoms with Gasteiger partial charge in [-0.25, -0.2) is 9.59 Å². The van der Waals surface area contributed by atoms with Gasteiger partial charge in [0.2, 0.25) is 5.91 Å². The zero-order valence-electron chi connectivity index (χ0n) is 22.4. The first kappa shape index (κ1) is 32.1. The molecule has 220 valence electrons. The Labute approximate surface area is 251 Å². The molecule has 0 spiro atoms. The fourth-order valence-corrected chi connectivity index (χ4v) is 5.95. The van der Waals surface area contributed by atoms with Crippen molar-refractivity contribution in [1.29, 1.82) is 0 Å². The Kier molecular flexibility index (Phi) is 13.4. The molecule has 2 unspecified atom stereocenters. The summed E-state index contributed by atoms with van der Waals surface area (Å²) < 4.78 is 15.8. The molecule has 3 rings (SSSR count). The number of hydrogen-bond acceptors (Lipinski definition) is 10. The smallest absolute Gasteiger partial charge is 0.338 e. The number of nitrogens with one attached hydrogen (secondary N) is 1. The van der Waals surface area contributed by atoms with Crippen molar-refractivity contribution in [2.24, 2.45) is 0 Å². The standard InChI is InChI=1S/C26H35IN4O8S/c1-37-23(33)14-29(12-9-28-10-13-38-17-27)26(36)30-11-5-8-20(30)24(34)31-18-40-16-21(31)22(32)15-39-25(35)19-6-3-2-4-7-19/h2-4,6-7,20-21,28H,5,8-18H2,1H3. The molecule has 2 aliphatic rings. The minimum atomic E-state index is -0.751. The van der Waals surface area contributed by atoms with Crippen LogP contribution < -0.4 is 5.32 Å². The highest BCUT2D eigenvalue weighted by atomic mass is 127. The van der Waals surface area contributed by atoms with Gasteiger partial charge in [0, 0.05) is 31.9 Å². The highest BCUT2D eigenvalue weighted by Gasteiger charge is 2.43. The molecule has 14 heteroatoms. The Morgan fingerprint density at radius 3 is 2.60 bits per heavy atom. The Balaban J connectivity index is 1.60. The van der Waals surface area contributed by atoms with Crippen molar-refractivity contribution in [2.75, 3.05) is 69.3 Å². The molecule has 2 fully saturated rings. The normalized spacial score (nSPS) is 18.4. The maximum absolute atomic E-state index is 13.6. The predicted molar refractivity (Wildman–Crippen MR) is 156 cm³/mol. The molecule has 3 amide bonds. The number of amides is 3. The molecule has 40 heavy (non-hydrogen) atoms. The number of ketones is 1. The molecule has 2 aliphatic heterocycles. The molecule has 2 heterocycles. The Bertz CT molecular complexity index is 1030. The summed E-state index contributed by atoms with van der Waals surface area (Å²) in [4.78, 5) is 68.7. The monoisotopic (exact) mass is 690 g/mol. The topological polar surface area (TPSA) is 135 Å². The average Bonchev–Trinajstić information content (AvgIpc) is 3.67. The van der Waals surface area contributed by atoms with Crippen LogP contribution in [0, 0.1) is 0 Å². The van der Waals surface area contributed by atoms with Gasteiger partial charge in [0.1, 0.15) is 18.6 Å².